The van der Waals surface area contributed by atoms with Crippen molar-refractivity contribution in [2.24, 2.45) is 0 Å². The summed E-state index contributed by atoms with van der Waals surface area (Å²) in [5.41, 5.74) is 4.05. The fourth-order valence-electron chi connectivity index (χ4n) is 2.98. The van der Waals surface area contributed by atoms with Crippen molar-refractivity contribution in [2.75, 3.05) is 0 Å². The molecular weight excluding hydrogens is 412 g/mol. The van der Waals surface area contributed by atoms with E-state index in [0.29, 0.717) is 18.1 Å². The molecule has 0 spiro atoms. The van der Waals surface area contributed by atoms with Crippen LogP contribution in [0, 0.1) is 0 Å². The van der Waals surface area contributed by atoms with E-state index in [1.54, 1.807) is 0 Å². The van der Waals surface area contributed by atoms with Gasteiger partial charge in [-0.25, -0.2) is 0 Å². The van der Waals surface area contributed by atoms with Gasteiger partial charge in [-0.05, 0) is 57.2 Å². The predicted molar refractivity (Wildman–Crippen MR) is 113 cm³/mol. The number of carbonyl (C=O) groups excluding carboxylic acids is 1. The molecule has 1 unspecified atom stereocenters. The van der Waals surface area contributed by atoms with E-state index >= 15 is 0 Å². The lowest BCUT2D eigenvalue weighted by Crippen LogP contribution is -2.12. The van der Waals surface area contributed by atoms with Crippen molar-refractivity contribution in [1.82, 2.24) is 0 Å². The Morgan fingerprint density at radius 2 is 2.08 bits per heavy atom. The molecule has 2 aromatic carbocycles. The maximum absolute atomic E-state index is 12.2. The minimum absolute atomic E-state index is 0.191. The lowest BCUT2D eigenvalue weighted by molar-refractivity contribution is -0.119. The summed E-state index contributed by atoms with van der Waals surface area (Å²) in [6.07, 6.45) is 3.26. The number of hydrogen-bond donors (Lipinski definition) is 0. The highest BCUT2D eigenvalue weighted by molar-refractivity contribution is 9.10. The Labute approximate surface area is 169 Å². The maximum atomic E-state index is 12.2. The van der Waals surface area contributed by atoms with E-state index in [-0.39, 0.29) is 11.7 Å². The van der Waals surface area contributed by atoms with Crippen LogP contribution in [0.3, 0.4) is 0 Å². The van der Waals surface area contributed by atoms with Crippen molar-refractivity contribution in [3.8, 4) is 5.75 Å². The largest absolute Gasteiger partial charge is 0.488 e. The quantitative estimate of drug-likeness (QED) is 0.447. The third-order valence-corrected chi connectivity index (χ3v) is 5.59. The minimum Gasteiger partial charge on any atom is -0.488 e. The fraction of sp³-hybridized carbons (Fsp3) is 0.318. The molecule has 2 rings (SSSR count). The van der Waals surface area contributed by atoms with Crippen molar-refractivity contribution < 1.29 is 9.53 Å². The first kappa shape index (κ1) is 20.7. The molecule has 0 aromatic heterocycles. The second-order valence-corrected chi connectivity index (χ2v) is 7.44. The van der Waals surface area contributed by atoms with Gasteiger partial charge in [-0.3, -0.25) is 4.79 Å². The summed E-state index contributed by atoms with van der Waals surface area (Å²) in [6.45, 7) is 10.1. The van der Waals surface area contributed by atoms with E-state index in [4.69, 9.17) is 16.3 Å². The molecule has 0 heterocycles. The summed E-state index contributed by atoms with van der Waals surface area (Å²) in [4.78, 5) is 12.2. The maximum Gasteiger partial charge on any atom is 0.139 e. The highest BCUT2D eigenvalue weighted by Crippen LogP contribution is 2.33. The Hall–Kier alpha value is -1.58. The van der Waals surface area contributed by atoms with E-state index in [1.807, 2.05) is 44.2 Å². The Morgan fingerprint density at radius 1 is 1.35 bits per heavy atom. The summed E-state index contributed by atoms with van der Waals surface area (Å²) in [5, 5.41) is 0.614. The zero-order valence-electron chi connectivity index (χ0n) is 15.4. The molecule has 2 nitrogen and oxygen atoms in total. The molecule has 1 atom stereocenters. The standard InChI is InChI=1S/C22H24BrClO2/c1-5-15-11-19(23)22(12-16(15)6-2)26-13-18-17(9-8-10-20(18)24)14(4)21(25)7-3/h6,8-12,14H,2,5,7,13H2,1,3-4H3. The van der Waals surface area contributed by atoms with E-state index < -0.39 is 0 Å². The minimum atomic E-state index is -0.202. The molecule has 0 saturated heterocycles. The lowest BCUT2D eigenvalue weighted by atomic mass is 9.91. The van der Waals surface area contributed by atoms with Crippen LogP contribution in [0.25, 0.3) is 6.08 Å². The van der Waals surface area contributed by atoms with Crippen LogP contribution in [0.15, 0.2) is 41.4 Å². The third kappa shape index (κ3) is 4.57. The first-order valence-corrected chi connectivity index (χ1v) is 9.97. The van der Waals surface area contributed by atoms with Crippen LogP contribution in [-0.2, 0) is 17.8 Å². The molecule has 0 saturated carbocycles. The number of ketones is 1. The first-order valence-electron chi connectivity index (χ1n) is 8.80. The second kappa shape index (κ2) is 9.38. The molecule has 0 aliphatic carbocycles. The van der Waals surface area contributed by atoms with Gasteiger partial charge in [0.1, 0.15) is 18.1 Å². The zero-order chi connectivity index (χ0) is 19.3. The number of halogens is 2. The van der Waals surface area contributed by atoms with Gasteiger partial charge in [0, 0.05) is 22.9 Å². The average Bonchev–Trinajstić information content (AvgIpc) is 2.66. The average molecular weight is 436 g/mol. The van der Waals surface area contributed by atoms with Gasteiger partial charge in [0.2, 0.25) is 0 Å². The highest BCUT2D eigenvalue weighted by Gasteiger charge is 2.19. The van der Waals surface area contributed by atoms with Gasteiger partial charge in [0.15, 0.2) is 0 Å². The molecule has 0 N–H and O–H groups in total. The van der Waals surface area contributed by atoms with E-state index in [9.17, 15) is 4.79 Å². The van der Waals surface area contributed by atoms with E-state index in [1.165, 1.54) is 5.56 Å². The van der Waals surface area contributed by atoms with Crippen LogP contribution >= 0.6 is 27.5 Å². The van der Waals surface area contributed by atoms with Gasteiger partial charge in [-0.2, -0.15) is 0 Å². The summed E-state index contributed by atoms with van der Waals surface area (Å²) in [6, 6.07) is 9.70. The van der Waals surface area contributed by atoms with Crippen LogP contribution in [0.5, 0.6) is 5.75 Å². The van der Waals surface area contributed by atoms with Gasteiger partial charge >= 0.3 is 0 Å². The lowest BCUT2D eigenvalue weighted by Gasteiger charge is -2.18. The van der Waals surface area contributed by atoms with Crippen LogP contribution in [0.4, 0.5) is 0 Å². The van der Waals surface area contributed by atoms with Gasteiger partial charge in [0.05, 0.1) is 4.47 Å². The van der Waals surface area contributed by atoms with Crippen molar-refractivity contribution in [1.29, 1.82) is 0 Å². The molecule has 138 valence electrons. The summed E-state index contributed by atoms with van der Waals surface area (Å²) >= 11 is 9.99. The number of hydrogen-bond acceptors (Lipinski definition) is 2. The SMILES string of the molecule is C=Cc1cc(OCc2c(Cl)cccc2C(C)C(=O)CC)c(Br)cc1CC. The molecule has 2 aromatic rings. The van der Waals surface area contributed by atoms with Gasteiger partial charge < -0.3 is 4.74 Å². The van der Waals surface area contributed by atoms with Crippen molar-refractivity contribution >= 4 is 39.4 Å². The third-order valence-electron chi connectivity index (χ3n) is 4.62. The first-order chi connectivity index (χ1) is 12.4. The highest BCUT2D eigenvalue weighted by atomic mass is 79.9. The van der Waals surface area contributed by atoms with Crippen LogP contribution in [0.1, 0.15) is 55.4 Å². The summed E-state index contributed by atoms with van der Waals surface area (Å²) in [5.74, 6) is 0.723. The molecule has 0 radical (unpaired) electrons. The molecule has 0 bridgehead atoms. The molecule has 26 heavy (non-hydrogen) atoms. The van der Waals surface area contributed by atoms with E-state index in [0.717, 1.165) is 33.3 Å². The summed E-state index contributed by atoms with van der Waals surface area (Å²) in [7, 11) is 0. The molecule has 0 amide bonds. The zero-order valence-corrected chi connectivity index (χ0v) is 17.8. The Kier molecular flexibility index (Phi) is 7.48. The van der Waals surface area contributed by atoms with Crippen molar-refractivity contribution in [3.05, 3.63) is 68.7 Å². The number of aryl methyl sites for hydroxylation is 1. The van der Waals surface area contributed by atoms with Crippen molar-refractivity contribution in [2.45, 2.75) is 46.1 Å². The number of carbonyl (C=O) groups is 1. The second-order valence-electron chi connectivity index (χ2n) is 6.18. The Morgan fingerprint density at radius 3 is 2.69 bits per heavy atom. The van der Waals surface area contributed by atoms with Gasteiger partial charge in [-0.1, -0.05) is 57.2 Å². The topological polar surface area (TPSA) is 26.3 Å². The number of benzene rings is 2. The predicted octanol–water partition coefficient (Wildman–Crippen LogP) is 6.97. The smallest absolute Gasteiger partial charge is 0.139 e. The molecule has 0 aliphatic rings. The molecule has 0 fully saturated rings. The monoisotopic (exact) mass is 434 g/mol. The van der Waals surface area contributed by atoms with Crippen LogP contribution < -0.4 is 4.74 Å². The number of ether oxygens (including phenoxy) is 1. The Bertz CT molecular complexity index is 814. The normalized spacial score (nSPS) is 11.9. The van der Waals surface area contributed by atoms with Gasteiger partial charge in [0.25, 0.3) is 0 Å². The van der Waals surface area contributed by atoms with Gasteiger partial charge in [-0.15, -0.1) is 0 Å². The van der Waals surface area contributed by atoms with Crippen LogP contribution in [-0.4, -0.2) is 5.78 Å². The molecule has 4 heteroatoms. The van der Waals surface area contributed by atoms with Crippen LogP contribution in [0.2, 0.25) is 5.02 Å². The molecular formula is C22H24BrClO2. The van der Waals surface area contributed by atoms with E-state index in [2.05, 4.69) is 35.5 Å². The van der Waals surface area contributed by atoms with Crippen molar-refractivity contribution in [3.63, 3.8) is 0 Å². The number of Topliss-reactive ketones (excluding diaryl/α,β-unsaturated/α-hetero) is 1. The fourth-order valence-corrected chi connectivity index (χ4v) is 3.72. The Balaban J connectivity index is 2.33. The molecule has 0 aliphatic heterocycles. The summed E-state index contributed by atoms with van der Waals surface area (Å²) < 4.78 is 6.95. The number of rotatable bonds is 8.